The van der Waals surface area contributed by atoms with E-state index in [9.17, 15) is 39.0 Å². The maximum Gasteiger partial charge on any atom is 0.326 e. The van der Waals surface area contributed by atoms with Crippen molar-refractivity contribution >= 4 is 35.4 Å². The number of carbonyl (C=O) groups excluding carboxylic acids is 4. The van der Waals surface area contributed by atoms with Gasteiger partial charge in [-0.3, -0.25) is 24.0 Å². The van der Waals surface area contributed by atoms with E-state index < -0.39 is 78.6 Å². The molecule has 0 aromatic heterocycles. The lowest BCUT2D eigenvalue weighted by molar-refractivity contribution is -0.184. The van der Waals surface area contributed by atoms with Crippen LogP contribution in [-0.2, 0) is 33.5 Å². The Labute approximate surface area is 243 Å². The first-order valence-electron chi connectivity index (χ1n) is 14.7. The molecule has 232 valence electrons. The predicted octanol–water partition coefficient (Wildman–Crippen LogP) is 1.55. The van der Waals surface area contributed by atoms with Crippen LogP contribution in [0.5, 0.6) is 0 Å². The van der Waals surface area contributed by atoms with Gasteiger partial charge < -0.3 is 30.5 Å². The number of ketones is 2. The number of carboxylic acid groups (broad SMARTS) is 2. The number of hydrogen-bond acceptors (Lipinski definition) is 9. The van der Waals surface area contributed by atoms with Gasteiger partial charge in [0, 0.05) is 24.7 Å². The van der Waals surface area contributed by atoms with Crippen molar-refractivity contribution in [2.75, 3.05) is 6.61 Å². The van der Waals surface area contributed by atoms with Crippen molar-refractivity contribution in [2.24, 2.45) is 28.6 Å². The highest BCUT2D eigenvalue weighted by molar-refractivity contribution is 5.92. The first kappa shape index (κ1) is 31.8. The van der Waals surface area contributed by atoms with Crippen molar-refractivity contribution in [3.05, 3.63) is 11.6 Å². The summed E-state index contributed by atoms with van der Waals surface area (Å²) in [5.41, 5.74) is -1.95. The van der Waals surface area contributed by atoms with E-state index in [1.54, 1.807) is 6.08 Å². The molecule has 1 amide bonds. The molecule has 0 aromatic rings. The lowest BCUT2D eigenvalue weighted by Gasteiger charge is -2.60. The third-order valence-electron chi connectivity index (χ3n) is 10.7. The molecule has 4 rings (SSSR count). The Bertz CT molecular complexity index is 1200. The summed E-state index contributed by atoms with van der Waals surface area (Å²) < 4.78 is 5.09. The standard InChI is InChI=1S/C30H41NO11/c1-28-11-9-17(32)13-16(28)3-4-18-19-10-12-30(41,29(19,2)14-21(33)26(18)28)22(34)15-42-25(38)8-6-23(35)31-20(27(39)40)5-7-24(36)37/h13,18-21,26,33,41H,3-12,14-15H2,1-2H3,(H,31,35)(H,36,37)(H,39,40)/t18?,19?,20?,21?,26?,28-,29-,30-/m0/s1. The normalized spacial score (nSPS) is 36.0. The van der Waals surface area contributed by atoms with Gasteiger partial charge in [-0.25, -0.2) is 4.79 Å². The van der Waals surface area contributed by atoms with Crippen molar-refractivity contribution < 1.29 is 53.9 Å². The van der Waals surface area contributed by atoms with Crippen LogP contribution in [0.25, 0.3) is 0 Å². The Morgan fingerprint density at radius 2 is 1.76 bits per heavy atom. The fourth-order valence-electron chi connectivity index (χ4n) is 8.50. The molecule has 5 N–H and O–H groups in total. The second-order valence-corrected chi connectivity index (χ2v) is 13.0. The van der Waals surface area contributed by atoms with Crippen LogP contribution in [0.4, 0.5) is 0 Å². The minimum Gasteiger partial charge on any atom is -0.481 e. The van der Waals surface area contributed by atoms with Gasteiger partial charge in [-0.15, -0.1) is 0 Å². The van der Waals surface area contributed by atoms with E-state index in [-0.39, 0.29) is 48.2 Å². The second kappa shape index (κ2) is 11.9. The number of aliphatic hydroxyl groups is 2. The van der Waals surface area contributed by atoms with E-state index in [0.717, 1.165) is 18.4 Å². The highest BCUT2D eigenvalue weighted by Crippen LogP contribution is 2.67. The Morgan fingerprint density at radius 1 is 1.05 bits per heavy atom. The largest absolute Gasteiger partial charge is 0.481 e. The van der Waals surface area contributed by atoms with Crippen molar-refractivity contribution in [3.63, 3.8) is 0 Å². The Hall–Kier alpha value is -3.12. The number of Topliss-reactive ketones (excluding diaryl/α,β-unsaturated/α-hetero) is 1. The Balaban J connectivity index is 1.34. The van der Waals surface area contributed by atoms with Gasteiger partial charge >= 0.3 is 17.9 Å². The van der Waals surface area contributed by atoms with Crippen LogP contribution in [-0.4, -0.2) is 80.2 Å². The summed E-state index contributed by atoms with van der Waals surface area (Å²) in [6.45, 7) is 3.25. The van der Waals surface area contributed by atoms with Gasteiger partial charge in [0.15, 0.2) is 12.4 Å². The first-order valence-corrected chi connectivity index (χ1v) is 14.7. The Kier molecular flexibility index (Phi) is 8.99. The summed E-state index contributed by atoms with van der Waals surface area (Å²) >= 11 is 0. The molecule has 4 aliphatic rings. The molecule has 42 heavy (non-hydrogen) atoms. The highest BCUT2D eigenvalue weighted by Gasteiger charge is 2.68. The fourth-order valence-corrected chi connectivity index (χ4v) is 8.50. The highest BCUT2D eigenvalue weighted by atomic mass is 16.5. The van der Waals surface area contributed by atoms with Crippen LogP contribution in [0.1, 0.15) is 84.5 Å². The van der Waals surface area contributed by atoms with Gasteiger partial charge in [0.25, 0.3) is 0 Å². The lowest BCUT2D eigenvalue weighted by atomic mass is 9.45. The van der Waals surface area contributed by atoms with Crippen molar-refractivity contribution in [2.45, 2.75) is 102 Å². The number of carboxylic acids is 2. The molecule has 0 bridgehead atoms. The van der Waals surface area contributed by atoms with Gasteiger partial charge in [-0.2, -0.15) is 0 Å². The minimum absolute atomic E-state index is 0.0291. The maximum atomic E-state index is 13.4. The first-order chi connectivity index (χ1) is 19.6. The summed E-state index contributed by atoms with van der Waals surface area (Å²) in [4.78, 5) is 71.8. The second-order valence-electron chi connectivity index (χ2n) is 13.0. The van der Waals surface area contributed by atoms with Crippen LogP contribution in [0, 0.1) is 28.6 Å². The summed E-state index contributed by atoms with van der Waals surface area (Å²) in [6, 6.07) is -1.42. The third-order valence-corrected chi connectivity index (χ3v) is 10.7. The van der Waals surface area contributed by atoms with Crippen molar-refractivity contribution in [1.29, 1.82) is 0 Å². The van der Waals surface area contributed by atoms with E-state index in [4.69, 9.17) is 14.9 Å². The molecule has 5 unspecified atom stereocenters. The quantitative estimate of drug-likeness (QED) is 0.218. The van der Waals surface area contributed by atoms with E-state index in [2.05, 4.69) is 12.2 Å². The number of ether oxygens (including phenoxy) is 1. The van der Waals surface area contributed by atoms with Gasteiger partial charge in [0.05, 0.1) is 12.5 Å². The number of aliphatic hydroxyl groups excluding tert-OH is 1. The van der Waals surface area contributed by atoms with E-state index in [1.807, 2.05) is 6.92 Å². The predicted molar refractivity (Wildman–Crippen MR) is 145 cm³/mol. The molecule has 0 saturated heterocycles. The lowest BCUT2D eigenvalue weighted by Crippen LogP contribution is -2.62. The number of carbonyl (C=O) groups is 6. The SMILES string of the molecule is C[C@]12CCC(=O)C=C1CCC1C2C(O)C[C@@]2(C)C1CC[C@]2(O)C(=O)COC(=O)CCC(=O)NC(CCC(=O)O)C(=O)O. The number of esters is 1. The van der Waals surface area contributed by atoms with Crippen LogP contribution >= 0.6 is 0 Å². The van der Waals surface area contributed by atoms with Crippen molar-refractivity contribution in [3.8, 4) is 0 Å². The van der Waals surface area contributed by atoms with E-state index in [0.29, 0.717) is 19.3 Å². The van der Waals surface area contributed by atoms with Gasteiger partial charge in [-0.1, -0.05) is 19.4 Å². The van der Waals surface area contributed by atoms with Gasteiger partial charge in [0.2, 0.25) is 11.7 Å². The van der Waals surface area contributed by atoms with E-state index >= 15 is 0 Å². The fraction of sp³-hybridized carbons (Fsp3) is 0.733. The molecule has 0 aromatic carbocycles. The Morgan fingerprint density at radius 3 is 2.43 bits per heavy atom. The molecule has 12 heteroatoms. The zero-order chi connectivity index (χ0) is 31.0. The van der Waals surface area contributed by atoms with Crippen LogP contribution < -0.4 is 5.32 Å². The van der Waals surface area contributed by atoms with Crippen LogP contribution in [0.2, 0.25) is 0 Å². The summed E-state index contributed by atoms with van der Waals surface area (Å²) in [7, 11) is 0. The molecule has 0 radical (unpaired) electrons. The average molecular weight is 592 g/mol. The molecule has 12 nitrogen and oxygen atoms in total. The number of rotatable bonds is 11. The summed E-state index contributed by atoms with van der Waals surface area (Å²) in [5, 5.41) is 43.3. The zero-order valence-corrected chi connectivity index (χ0v) is 24.1. The molecule has 4 aliphatic carbocycles. The molecule has 3 fully saturated rings. The molecule has 0 spiro atoms. The van der Waals surface area contributed by atoms with Gasteiger partial charge in [0.1, 0.15) is 11.6 Å². The number of allylic oxidation sites excluding steroid dienone is 1. The zero-order valence-electron chi connectivity index (χ0n) is 24.1. The van der Waals surface area contributed by atoms with E-state index in [1.165, 1.54) is 0 Å². The van der Waals surface area contributed by atoms with Crippen molar-refractivity contribution in [1.82, 2.24) is 5.32 Å². The molecule has 0 aliphatic heterocycles. The number of hydrogen-bond donors (Lipinski definition) is 5. The average Bonchev–Trinajstić information content (AvgIpc) is 3.19. The number of nitrogens with one attached hydrogen (secondary N) is 1. The monoisotopic (exact) mass is 591 g/mol. The topological polar surface area (TPSA) is 205 Å². The smallest absolute Gasteiger partial charge is 0.326 e. The third kappa shape index (κ3) is 5.75. The number of amides is 1. The summed E-state index contributed by atoms with van der Waals surface area (Å²) in [6.07, 6.45) is 2.91. The molecule has 8 atom stereocenters. The molecule has 0 heterocycles. The molecule has 3 saturated carbocycles. The summed E-state index contributed by atoms with van der Waals surface area (Å²) in [5.74, 6) is -4.86. The molecular formula is C30H41NO11. The van der Waals surface area contributed by atoms with Crippen LogP contribution in [0.15, 0.2) is 11.6 Å². The molecular weight excluding hydrogens is 550 g/mol. The number of fused-ring (bicyclic) bond motifs is 5. The number of aliphatic carboxylic acids is 2. The minimum atomic E-state index is -1.81. The van der Waals surface area contributed by atoms with Crippen LogP contribution in [0.3, 0.4) is 0 Å². The maximum absolute atomic E-state index is 13.4. The van der Waals surface area contributed by atoms with Gasteiger partial charge in [-0.05, 0) is 74.2 Å².